The third-order valence-electron chi connectivity index (χ3n) is 4.05. The molecule has 0 aromatic heterocycles. The molecular weight excluding hydrogens is 298 g/mol. The van der Waals surface area contributed by atoms with Crippen molar-refractivity contribution in [2.45, 2.75) is 52.0 Å². The van der Waals surface area contributed by atoms with Gasteiger partial charge in [0.2, 0.25) is 0 Å². The molecule has 0 aromatic rings. The highest BCUT2D eigenvalue weighted by Crippen LogP contribution is 2.25. The van der Waals surface area contributed by atoms with Gasteiger partial charge in [-0.25, -0.2) is 0 Å². The first-order valence-electron chi connectivity index (χ1n) is 7.10. The molecule has 2 N–H and O–H groups in total. The standard InChI is InChI=1S/C13H29N3O2S.ClH/c1-13(2,10-14)11-15(3)19(17,18)16(4)12-8-6-5-7-9-12;/h12H,5-11,14H2,1-4H3;1H. The van der Waals surface area contributed by atoms with Crippen LogP contribution in [-0.2, 0) is 10.2 Å². The van der Waals surface area contributed by atoms with E-state index in [-0.39, 0.29) is 23.9 Å². The number of nitrogens with two attached hydrogens (primary N) is 1. The van der Waals surface area contributed by atoms with Gasteiger partial charge in [0, 0.05) is 26.7 Å². The molecule has 1 fully saturated rings. The van der Waals surface area contributed by atoms with Gasteiger partial charge in [0.15, 0.2) is 0 Å². The van der Waals surface area contributed by atoms with E-state index in [2.05, 4.69) is 0 Å². The lowest BCUT2D eigenvalue weighted by Crippen LogP contribution is -2.49. The zero-order chi connectivity index (χ0) is 14.7. The summed E-state index contributed by atoms with van der Waals surface area (Å²) in [6, 6.07) is 0.155. The van der Waals surface area contributed by atoms with Crippen LogP contribution in [0.4, 0.5) is 0 Å². The Bertz CT molecular complexity index is 381. The lowest BCUT2D eigenvalue weighted by atomic mass is 9.94. The summed E-state index contributed by atoms with van der Waals surface area (Å²) in [5.74, 6) is 0. The zero-order valence-corrected chi connectivity index (χ0v) is 14.8. The quantitative estimate of drug-likeness (QED) is 0.809. The van der Waals surface area contributed by atoms with Crippen LogP contribution in [0.5, 0.6) is 0 Å². The van der Waals surface area contributed by atoms with Crippen LogP contribution in [0.3, 0.4) is 0 Å². The summed E-state index contributed by atoms with van der Waals surface area (Å²) in [4.78, 5) is 0. The summed E-state index contributed by atoms with van der Waals surface area (Å²) in [6.45, 7) is 4.89. The van der Waals surface area contributed by atoms with Crippen LogP contribution in [0.1, 0.15) is 46.0 Å². The summed E-state index contributed by atoms with van der Waals surface area (Å²) in [5, 5.41) is 0. The molecule has 0 heterocycles. The molecule has 0 atom stereocenters. The van der Waals surface area contributed by atoms with E-state index in [1.807, 2.05) is 13.8 Å². The highest BCUT2D eigenvalue weighted by molar-refractivity contribution is 7.86. The van der Waals surface area contributed by atoms with E-state index in [9.17, 15) is 8.42 Å². The molecule has 1 saturated carbocycles. The van der Waals surface area contributed by atoms with Crippen LogP contribution >= 0.6 is 12.4 Å². The molecule has 0 radical (unpaired) electrons. The Morgan fingerprint density at radius 1 is 1.15 bits per heavy atom. The first-order valence-corrected chi connectivity index (χ1v) is 8.50. The van der Waals surface area contributed by atoms with E-state index in [1.165, 1.54) is 10.7 Å². The van der Waals surface area contributed by atoms with Crippen LogP contribution < -0.4 is 5.73 Å². The predicted molar refractivity (Wildman–Crippen MR) is 86.3 cm³/mol. The van der Waals surface area contributed by atoms with Crippen molar-refractivity contribution in [1.29, 1.82) is 0 Å². The molecular formula is C13H30ClN3O2S. The highest BCUT2D eigenvalue weighted by Gasteiger charge is 2.33. The van der Waals surface area contributed by atoms with Crippen molar-refractivity contribution in [3.63, 3.8) is 0 Å². The van der Waals surface area contributed by atoms with Gasteiger partial charge in [-0.05, 0) is 24.8 Å². The second kappa shape index (κ2) is 7.94. The van der Waals surface area contributed by atoms with Gasteiger partial charge in [-0.1, -0.05) is 33.1 Å². The maximum atomic E-state index is 12.5. The van der Waals surface area contributed by atoms with E-state index in [0.717, 1.165) is 25.7 Å². The van der Waals surface area contributed by atoms with Crippen molar-refractivity contribution in [2.75, 3.05) is 27.2 Å². The molecule has 1 rings (SSSR count). The maximum absolute atomic E-state index is 12.5. The van der Waals surface area contributed by atoms with Gasteiger partial charge in [-0.2, -0.15) is 17.0 Å². The third kappa shape index (κ3) is 5.15. The van der Waals surface area contributed by atoms with E-state index in [1.54, 1.807) is 18.4 Å². The number of halogens is 1. The van der Waals surface area contributed by atoms with Gasteiger partial charge in [0.25, 0.3) is 10.2 Å². The number of hydrogen-bond acceptors (Lipinski definition) is 3. The Morgan fingerprint density at radius 2 is 1.65 bits per heavy atom. The second-order valence-corrected chi connectivity index (χ2v) is 8.54. The summed E-state index contributed by atoms with van der Waals surface area (Å²) in [7, 11) is -0.0203. The Hall–Kier alpha value is 0.120. The number of nitrogens with zero attached hydrogens (tertiary/aromatic N) is 2. The van der Waals surface area contributed by atoms with E-state index in [0.29, 0.717) is 13.1 Å². The number of rotatable bonds is 6. The third-order valence-corrected chi connectivity index (χ3v) is 5.99. The van der Waals surface area contributed by atoms with Crippen molar-refractivity contribution >= 4 is 22.6 Å². The molecule has 0 amide bonds. The summed E-state index contributed by atoms with van der Waals surface area (Å²) >= 11 is 0. The minimum absolute atomic E-state index is 0. The first-order chi connectivity index (χ1) is 8.70. The smallest absolute Gasteiger partial charge is 0.281 e. The van der Waals surface area contributed by atoms with Gasteiger partial charge >= 0.3 is 0 Å². The van der Waals surface area contributed by atoms with Gasteiger partial charge in [0.1, 0.15) is 0 Å². The monoisotopic (exact) mass is 327 g/mol. The average molecular weight is 328 g/mol. The van der Waals surface area contributed by atoms with Crippen molar-refractivity contribution in [3.8, 4) is 0 Å². The molecule has 0 aromatic carbocycles. The molecule has 0 aliphatic heterocycles. The van der Waals surface area contributed by atoms with Crippen molar-refractivity contribution in [1.82, 2.24) is 8.61 Å². The molecule has 0 unspecified atom stereocenters. The molecule has 0 saturated heterocycles. The highest BCUT2D eigenvalue weighted by atomic mass is 35.5. The lowest BCUT2D eigenvalue weighted by Gasteiger charge is -2.35. The predicted octanol–water partition coefficient (Wildman–Crippen LogP) is 1.83. The minimum Gasteiger partial charge on any atom is -0.330 e. The van der Waals surface area contributed by atoms with Gasteiger partial charge in [-0.15, -0.1) is 12.4 Å². The van der Waals surface area contributed by atoms with Crippen LogP contribution in [-0.4, -0.2) is 50.3 Å². The molecule has 122 valence electrons. The topological polar surface area (TPSA) is 66.6 Å². The Morgan fingerprint density at radius 3 is 2.10 bits per heavy atom. The fraction of sp³-hybridized carbons (Fsp3) is 1.00. The van der Waals surface area contributed by atoms with Crippen molar-refractivity contribution in [2.24, 2.45) is 11.1 Å². The van der Waals surface area contributed by atoms with E-state index >= 15 is 0 Å². The number of hydrogen-bond donors (Lipinski definition) is 1. The van der Waals surface area contributed by atoms with Crippen LogP contribution in [0.2, 0.25) is 0 Å². The average Bonchev–Trinajstić information content (AvgIpc) is 2.38. The van der Waals surface area contributed by atoms with Gasteiger partial charge < -0.3 is 5.73 Å². The molecule has 5 nitrogen and oxygen atoms in total. The van der Waals surface area contributed by atoms with Crippen LogP contribution in [0.15, 0.2) is 0 Å². The SMILES string of the molecule is CN(CC(C)(C)CN)S(=O)(=O)N(C)C1CCCCC1.Cl. The molecule has 20 heavy (non-hydrogen) atoms. The Balaban J connectivity index is 0.00000361. The fourth-order valence-electron chi connectivity index (χ4n) is 2.60. The van der Waals surface area contributed by atoms with E-state index in [4.69, 9.17) is 5.73 Å². The summed E-state index contributed by atoms with van der Waals surface area (Å²) < 4.78 is 28.1. The summed E-state index contributed by atoms with van der Waals surface area (Å²) in [6.07, 6.45) is 5.43. The molecule has 7 heteroatoms. The largest absolute Gasteiger partial charge is 0.330 e. The van der Waals surface area contributed by atoms with Crippen LogP contribution in [0.25, 0.3) is 0 Å². The molecule has 0 spiro atoms. The van der Waals surface area contributed by atoms with Crippen molar-refractivity contribution < 1.29 is 8.42 Å². The zero-order valence-electron chi connectivity index (χ0n) is 13.1. The van der Waals surface area contributed by atoms with Crippen molar-refractivity contribution in [3.05, 3.63) is 0 Å². The van der Waals surface area contributed by atoms with Gasteiger partial charge in [-0.3, -0.25) is 0 Å². The van der Waals surface area contributed by atoms with Crippen LogP contribution in [0, 0.1) is 5.41 Å². The maximum Gasteiger partial charge on any atom is 0.281 e. The normalized spacial score (nSPS) is 18.4. The second-order valence-electron chi connectivity index (χ2n) is 6.44. The minimum atomic E-state index is -3.37. The van der Waals surface area contributed by atoms with E-state index < -0.39 is 10.2 Å². The Kier molecular flexibility index (Phi) is 7.99. The lowest BCUT2D eigenvalue weighted by molar-refractivity contribution is 0.244. The first kappa shape index (κ1) is 20.1. The molecule has 0 bridgehead atoms. The summed E-state index contributed by atoms with van der Waals surface area (Å²) in [5.41, 5.74) is 5.48. The van der Waals surface area contributed by atoms with Gasteiger partial charge in [0.05, 0.1) is 0 Å². The molecule has 1 aliphatic rings. The fourth-order valence-corrected chi connectivity index (χ4v) is 4.14. The molecule has 1 aliphatic carbocycles. The Labute approximate surface area is 130 Å².